The van der Waals surface area contributed by atoms with Gasteiger partial charge in [0, 0.05) is 5.56 Å². The Morgan fingerprint density at radius 2 is 1.86 bits per heavy atom. The minimum absolute atomic E-state index is 0.0209. The van der Waals surface area contributed by atoms with Crippen molar-refractivity contribution in [2.75, 3.05) is 13.7 Å². The van der Waals surface area contributed by atoms with Crippen molar-refractivity contribution in [2.24, 2.45) is 0 Å². The van der Waals surface area contributed by atoms with Crippen LogP contribution in [0.2, 0.25) is 5.02 Å². The van der Waals surface area contributed by atoms with Gasteiger partial charge in [-0.3, -0.25) is 4.79 Å². The molecule has 0 radical (unpaired) electrons. The molecule has 0 aliphatic heterocycles. The molecule has 0 unspecified atom stereocenters. The number of benzene rings is 2. The smallest absolute Gasteiger partial charge is 0.200 e. The first-order valence-electron chi connectivity index (χ1n) is 6.58. The fraction of sp³-hybridized carbons (Fsp3) is 0.235. The average Bonchev–Trinajstić information content (AvgIpc) is 2.47. The number of methoxy groups -OCH3 is 1. The summed E-state index contributed by atoms with van der Waals surface area (Å²) in [6.07, 6.45) is 0. The fourth-order valence-electron chi connectivity index (χ4n) is 1.93. The lowest BCUT2D eigenvalue weighted by atomic mass is 10.1. The Labute approximate surface area is 129 Å². The maximum absolute atomic E-state index is 12.1. The SMILES string of the molecule is COc1ccc(C(=O)COc2cc(C)ccc2C)cc1Cl. The number of halogens is 1. The molecule has 0 aliphatic rings. The van der Waals surface area contributed by atoms with Gasteiger partial charge in [-0.2, -0.15) is 0 Å². The molecule has 0 spiro atoms. The van der Waals surface area contributed by atoms with Gasteiger partial charge in [0.05, 0.1) is 12.1 Å². The van der Waals surface area contributed by atoms with E-state index in [0.717, 1.165) is 16.9 Å². The Balaban J connectivity index is 2.08. The summed E-state index contributed by atoms with van der Waals surface area (Å²) in [5, 5.41) is 0.412. The Kier molecular flexibility index (Phi) is 4.86. The van der Waals surface area contributed by atoms with Crippen molar-refractivity contribution >= 4 is 17.4 Å². The summed E-state index contributed by atoms with van der Waals surface area (Å²) in [5.74, 6) is 1.15. The summed E-state index contributed by atoms with van der Waals surface area (Å²) in [4.78, 5) is 12.1. The van der Waals surface area contributed by atoms with Crippen molar-refractivity contribution < 1.29 is 14.3 Å². The van der Waals surface area contributed by atoms with E-state index in [4.69, 9.17) is 21.1 Å². The summed E-state index contributed by atoms with van der Waals surface area (Å²) in [7, 11) is 1.53. The topological polar surface area (TPSA) is 35.5 Å². The van der Waals surface area contributed by atoms with Gasteiger partial charge in [0.15, 0.2) is 12.4 Å². The van der Waals surface area contributed by atoms with Gasteiger partial charge in [-0.15, -0.1) is 0 Å². The van der Waals surface area contributed by atoms with Crippen molar-refractivity contribution in [3.05, 3.63) is 58.1 Å². The first-order valence-corrected chi connectivity index (χ1v) is 6.96. The number of carbonyl (C=O) groups excluding carboxylic acids is 1. The van der Waals surface area contributed by atoms with Crippen molar-refractivity contribution in [3.8, 4) is 11.5 Å². The number of carbonyl (C=O) groups is 1. The maximum Gasteiger partial charge on any atom is 0.200 e. The van der Waals surface area contributed by atoms with E-state index in [1.54, 1.807) is 18.2 Å². The van der Waals surface area contributed by atoms with Crippen LogP contribution in [-0.4, -0.2) is 19.5 Å². The molecule has 0 saturated heterocycles. The Morgan fingerprint density at radius 1 is 1.10 bits per heavy atom. The molecule has 0 aromatic heterocycles. The number of ether oxygens (including phenoxy) is 2. The molecule has 21 heavy (non-hydrogen) atoms. The highest BCUT2D eigenvalue weighted by atomic mass is 35.5. The highest BCUT2D eigenvalue weighted by molar-refractivity contribution is 6.32. The quantitative estimate of drug-likeness (QED) is 0.776. The average molecular weight is 305 g/mol. The second-order valence-electron chi connectivity index (χ2n) is 4.83. The van der Waals surface area contributed by atoms with E-state index in [0.29, 0.717) is 16.3 Å². The number of Topliss-reactive ketones (excluding diaryl/α,β-unsaturated/α-hetero) is 1. The second kappa shape index (κ2) is 6.64. The third-order valence-electron chi connectivity index (χ3n) is 3.18. The molecule has 0 fully saturated rings. The molecule has 2 rings (SSSR count). The van der Waals surface area contributed by atoms with Gasteiger partial charge in [0.25, 0.3) is 0 Å². The van der Waals surface area contributed by atoms with E-state index in [1.807, 2.05) is 32.0 Å². The molecule has 2 aromatic carbocycles. The van der Waals surface area contributed by atoms with Crippen molar-refractivity contribution in [1.29, 1.82) is 0 Å². The second-order valence-corrected chi connectivity index (χ2v) is 5.24. The van der Waals surface area contributed by atoms with Crippen LogP contribution in [0.25, 0.3) is 0 Å². The third-order valence-corrected chi connectivity index (χ3v) is 3.47. The predicted molar refractivity (Wildman–Crippen MR) is 83.7 cm³/mol. The van der Waals surface area contributed by atoms with Crippen LogP contribution in [0.1, 0.15) is 21.5 Å². The van der Waals surface area contributed by atoms with Crippen molar-refractivity contribution in [1.82, 2.24) is 0 Å². The molecule has 0 N–H and O–H groups in total. The van der Waals surface area contributed by atoms with Crippen molar-refractivity contribution in [2.45, 2.75) is 13.8 Å². The molecule has 0 heterocycles. The van der Waals surface area contributed by atoms with E-state index >= 15 is 0 Å². The van der Waals surface area contributed by atoms with E-state index in [2.05, 4.69) is 0 Å². The van der Waals surface area contributed by atoms with Crippen LogP contribution >= 0.6 is 11.6 Å². The zero-order valence-electron chi connectivity index (χ0n) is 12.3. The number of ketones is 1. The molecule has 0 atom stereocenters. The van der Waals surface area contributed by atoms with Crippen LogP contribution in [-0.2, 0) is 0 Å². The Bertz CT molecular complexity index is 665. The molecule has 4 heteroatoms. The monoisotopic (exact) mass is 304 g/mol. The molecule has 0 amide bonds. The molecule has 0 aliphatic carbocycles. The van der Waals surface area contributed by atoms with E-state index < -0.39 is 0 Å². The lowest BCUT2D eigenvalue weighted by Crippen LogP contribution is -2.12. The summed E-state index contributed by atoms with van der Waals surface area (Å²) >= 11 is 6.02. The van der Waals surface area contributed by atoms with Crippen LogP contribution in [0.4, 0.5) is 0 Å². The van der Waals surface area contributed by atoms with Gasteiger partial charge in [-0.25, -0.2) is 0 Å². The van der Waals surface area contributed by atoms with E-state index in [-0.39, 0.29) is 12.4 Å². The van der Waals surface area contributed by atoms with Gasteiger partial charge in [0.1, 0.15) is 11.5 Å². The highest BCUT2D eigenvalue weighted by Gasteiger charge is 2.11. The van der Waals surface area contributed by atoms with Crippen LogP contribution in [0.5, 0.6) is 11.5 Å². The Hall–Kier alpha value is -2.00. The predicted octanol–water partition coefficient (Wildman–Crippen LogP) is 4.23. The van der Waals surface area contributed by atoms with Crippen LogP contribution in [0.3, 0.4) is 0 Å². The van der Waals surface area contributed by atoms with Gasteiger partial charge in [0.2, 0.25) is 0 Å². The molecule has 0 bridgehead atoms. The maximum atomic E-state index is 12.1. The molecule has 2 aromatic rings. The largest absolute Gasteiger partial charge is 0.495 e. The van der Waals surface area contributed by atoms with Gasteiger partial charge >= 0.3 is 0 Å². The number of aryl methyl sites for hydroxylation is 2. The molecular formula is C17H17ClO3. The summed E-state index contributed by atoms with van der Waals surface area (Å²) in [6, 6.07) is 10.8. The lowest BCUT2D eigenvalue weighted by molar-refractivity contribution is 0.0921. The summed E-state index contributed by atoms with van der Waals surface area (Å²) in [5.41, 5.74) is 2.60. The number of hydrogen-bond donors (Lipinski definition) is 0. The highest BCUT2D eigenvalue weighted by Crippen LogP contribution is 2.25. The van der Waals surface area contributed by atoms with Crippen LogP contribution < -0.4 is 9.47 Å². The fourth-order valence-corrected chi connectivity index (χ4v) is 2.19. The van der Waals surface area contributed by atoms with E-state index in [1.165, 1.54) is 7.11 Å². The first-order chi connectivity index (χ1) is 10.0. The lowest BCUT2D eigenvalue weighted by Gasteiger charge is -2.10. The molecule has 3 nitrogen and oxygen atoms in total. The van der Waals surface area contributed by atoms with Crippen LogP contribution in [0, 0.1) is 13.8 Å². The van der Waals surface area contributed by atoms with Gasteiger partial charge in [-0.1, -0.05) is 23.7 Å². The summed E-state index contributed by atoms with van der Waals surface area (Å²) in [6.45, 7) is 3.91. The van der Waals surface area contributed by atoms with E-state index in [9.17, 15) is 4.79 Å². The normalized spacial score (nSPS) is 10.3. The molecular weight excluding hydrogens is 288 g/mol. The van der Waals surface area contributed by atoms with Gasteiger partial charge < -0.3 is 9.47 Å². The molecule has 110 valence electrons. The first kappa shape index (κ1) is 15.4. The molecule has 0 saturated carbocycles. The summed E-state index contributed by atoms with van der Waals surface area (Å²) < 4.78 is 10.7. The van der Waals surface area contributed by atoms with Crippen LogP contribution in [0.15, 0.2) is 36.4 Å². The van der Waals surface area contributed by atoms with Crippen molar-refractivity contribution in [3.63, 3.8) is 0 Å². The zero-order chi connectivity index (χ0) is 15.4. The minimum atomic E-state index is -0.125. The van der Waals surface area contributed by atoms with Gasteiger partial charge in [-0.05, 0) is 49.2 Å². The standard InChI is InChI=1S/C17H17ClO3/c1-11-4-5-12(2)17(8-11)21-10-15(19)13-6-7-16(20-3)14(18)9-13/h4-9H,10H2,1-3H3. The zero-order valence-corrected chi connectivity index (χ0v) is 13.0. The third kappa shape index (κ3) is 3.76. The number of rotatable bonds is 5. The Morgan fingerprint density at radius 3 is 2.52 bits per heavy atom. The number of hydrogen-bond acceptors (Lipinski definition) is 3. The minimum Gasteiger partial charge on any atom is -0.495 e.